The standard InChI is InChI=1S/C31H44N2O4/c1-5-30(36,6-2)25(21-23-15-11-9-12-16-23)33(28(35)29(19-20-29)27(32)34)26(31(37,7-3)8-4)22-24-17-13-10-14-18-24/h9-18,25-26,36-37H,5-8,19-22H2,1-4H3,(H2,32,34). The van der Waals surface area contributed by atoms with Gasteiger partial charge in [-0.1, -0.05) is 88.4 Å². The summed E-state index contributed by atoms with van der Waals surface area (Å²) >= 11 is 0. The van der Waals surface area contributed by atoms with Gasteiger partial charge in [0.2, 0.25) is 11.8 Å². The Labute approximate surface area is 221 Å². The van der Waals surface area contributed by atoms with Crippen LogP contribution in [0.5, 0.6) is 0 Å². The highest BCUT2D eigenvalue weighted by molar-refractivity contribution is 6.07. The summed E-state index contributed by atoms with van der Waals surface area (Å²) in [5.41, 5.74) is 4.03. The van der Waals surface area contributed by atoms with Crippen LogP contribution in [-0.4, -0.2) is 50.2 Å². The molecule has 2 amide bonds. The lowest BCUT2D eigenvalue weighted by Crippen LogP contribution is -2.66. The lowest BCUT2D eigenvalue weighted by molar-refractivity contribution is -0.166. The summed E-state index contributed by atoms with van der Waals surface area (Å²) in [6, 6.07) is 18.3. The zero-order valence-electron chi connectivity index (χ0n) is 22.8. The highest BCUT2D eigenvalue weighted by Gasteiger charge is 2.61. The first-order valence-corrected chi connectivity index (χ1v) is 13.8. The molecule has 1 saturated carbocycles. The Morgan fingerprint density at radius 2 is 1.14 bits per heavy atom. The molecule has 2 aromatic carbocycles. The molecule has 1 aliphatic rings. The number of carbonyl (C=O) groups excluding carboxylic acids is 2. The van der Waals surface area contributed by atoms with Gasteiger partial charge in [-0.3, -0.25) is 9.59 Å². The van der Waals surface area contributed by atoms with Crippen molar-refractivity contribution in [3.63, 3.8) is 0 Å². The van der Waals surface area contributed by atoms with Gasteiger partial charge in [0.1, 0.15) is 5.41 Å². The van der Waals surface area contributed by atoms with Crippen LogP contribution in [0.3, 0.4) is 0 Å². The lowest BCUT2D eigenvalue weighted by Gasteiger charge is -2.51. The van der Waals surface area contributed by atoms with E-state index in [0.29, 0.717) is 51.4 Å². The van der Waals surface area contributed by atoms with Gasteiger partial charge in [-0.2, -0.15) is 0 Å². The van der Waals surface area contributed by atoms with Crippen molar-refractivity contribution in [1.29, 1.82) is 0 Å². The van der Waals surface area contributed by atoms with Crippen molar-refractivity contribution in [2.45, 2.75) is 102 Å². The molecule has 0 saturated heterocycles. The van der Waals surface area contributed by atoms with Crippen molar-refractivity contribution in [3.05, 3.63) is 71.8 Å². The van der Waals surface area contributed by atoms with E-state index in [1.54, 1.807) is 4.90 Å². The number of rotatable bonds is 14. The number of hydrogen-bond donors (Lipinski definition) is 3. The zero-order valence-corrected chi connectivity index (χ0v) is 22.8. The molecule has 4 N–H and O–H groups in total. The Balaban J connectivity index is 2.26. The first kappa shape index (κ1) is 28.9. The van der Waals surface area contributed by atoms with Gasteiger partial charge in [-0.15, -0.1) is 0 Å². The first-order valence-electron chi connectivity index (χ1n) is 13.8. The number of amides is 2. The molecule has 6 heteroatoms. The average molecular weight is 509 g/mol. The molecule has 202 valence electrons. The summed E-state index contributed by atoms with van der Waals surface area (Å²) < 4.78 is 0. The maximum Gasteiger partial charge on any atom is 0.238 e. The second-order valence-electron chi connectivity index (χ2n) is 10.7. The molecular formula is C31H44N2O4. The minimum atomic E-state index is -1.28. The Morgan fingerprint density at radius 3 is 1.41 bits per heavy atom. The molecule has 0 bridgehead atoms. The van der Waals surface area contributed by atoms with Gasteiger partial charge >= 0.3 is 0 Å². The zero-order chi connectivity index (χ0) is 27.3. The molecule has 0 aliphatic heterocycles. The second-order valence-corrected chi connectivity index (χ2v) is 10.7. The second kappa shape index (κ2) is 11.8. The van der Waals surface area contributed by atoms with Crippen molar-refractivity contribution < 1.29 is 19.8 Å². The third-order valence-electron chi connectivity index (χ3n) is 8.77. The average Bonchev–Trinajstić information content (AvgIpc) is 3.75. The molecule has 2 unspecified atom stereocenters. The molecule has 6 nitrogen and oxygen atoms in total. The fourth-order valence-corrected chi connectivity index (χ4v) is 5.65. The van der Waals surface area contributed by atoms with E-state index in [1.165, 1.54) is 0 Å². The largest absolute Gasteiger partial charge is 0.388 e. The van der Waals surface area contributed by atoms with E-state index in [9.17, 15) is 19.8 Å². The van der Waals surface area contributed by atoms with Crippen molar-refractivity contribution in [3.8, 4) is 0 Å². The third kappa shape index (κ3) is 5.91. The number of carbonyl (C=O) groups is 2. The first-order chi connectivity index (χ1) is 17.6. The van der Waals surface area contributed by atoms with E-state index in [1.807, 2.05) is 88.4 Å². The van der Waals surface area contributed by atoms with Crippen molar-refractivity contribution >= 4 is 11.8 Å². The number of primary amides is 1. The van der Waals surface area contributed by atoms with Crippen LogP contribution in [0.2, 0.25) is 0 Å². The summed E-state index contributed by atoms with van der Waals surface area (Å²) in [4.78, 5) is 28.8. The minimum absolute atomic E-state index is 0.373. The Morgan fingerprint density at radius 1 is 0.784 bits per heavy atom. The number of nitrogens with two attached hydrogens (primary N) is 1. The van der Waals surface area contributed by atoms with Crippen LogP contribution in [0.4, 0.5) is 0 Å². The number of hydrogen-bond acceptors (Lipinski definition) is 4. The van der Waals surface area contributed by atoms with Gasteiger partial charge in [0.05, 0.1) is 23.3 Å². The predicted octanol–water partition coefficient (Wildman–Crippen LogP) is 4.41. The van der Waals surface area contributed by atoms with E-state index in [4.69, 9.17) is 5.73 Å². The van der Waals surface area contributed by atoms with E-state index in [2.05, 4.69) is 0 Å². The molecule has 0 radical (unpaired) electrons. The highest BCUT2D eigenvalue weighted by Crippen LogP contribution is 2.49. The van der Waals surface area contributed by atoms with Crippen LogP contribution >= 0.6 is 0 Å². The SMILES string of the molecule is CCC(O)(CC)C(Cc1ccccc1)N(C(=O)C1(C(N)=O)CC1)C(Cc1ccccc1)C(O)(CC)CC. The smallest absolute Gasteiger partial charge is 0.238 e. The van der Waals surface area contributed by atoms with Crippen LogP contribution in [0.25, 0.3) is 0 Å². The maximum absolute atomic E-state index is 14.5. The lowest BCUT2D eigenvalue weighted by atomic mass is 9.77. The molecule has 2 aromatic rings. The number of nitrogens with zero attached hydrogens (tertiary/aromatic N) is 1. The summed E-state index contributed by atoms with van der Waals surface area (Å²) in [6.07, 6.45) is 3.25. The Kier molecular flexibility index (Phi) is 9.19. The molecule has 0 spiro atoms. The van der Waals surface area contributed by atoms with Crippen LogP contribution in [0, 0.1) is 5.41 Å². The van der Waals surface area contributed by atoms with Crippen LogP contribution in [0.1, 0.15) is 77.3 Å². The van der Waals surface area contributed by atoms with Crippen LogP contribution in [0.15, 0.2) is 60.7 Å². The Hall–Kier alpha value is -2.70. The summed E-state index contributed by atoms with van der Waals surface area (Å²) in [5.74, 6) is -1.00. The molecule has 37 heavy (non-hydrogen) atoms. The van der Waals surface area contributed by atoms with E-state index < -0.39 is 34.6 Å². The molecule has 0 aromatic heterocycles. The van der Waals surface area contributed by atoms with Crippen LogP contribution < -0.4 is 5.73 Å². The van der Waals surface area contributed by atoms with E-state index in [-0.39, 0.29) is 5.91 Å². The molecule has 3 rings (SSSR count). The highest BCUT2D eigenvalue weighted by atomic mass is 16.3. The Bertz CT molecular complexity index is 964. The third-order valence-corrected chi connectivity index (χ3v) is 8.77. The fourth-order valence-electron chi connectivity index (χ4n) is 5.65. The molecule has 0 heterocycles. The van der Waals surface area contributed by atoms with Gasteiger partial charge in [-0.25, -0.2) is 0 Å². The maximum atomic E-state index is 14.5. The van der Waals surface area contributed by atoms with Gasteiger partial charge < -0.3 is 20.8 Å². The van der Waals surface area contributed by atoms with Gasteiger partial charge in [0, 0.05) is 0 Å². The van der Waals surface area contributed by atoms with Crippen molar-refractivity contribution in [1.82, 2.24) is 4.90 Å². The molecule has 1 aliphatic carbocycles. The number of benzene rings is 2. The topological polar surface area (TPSA) is 104 Å². The van der Waals surface area contributed by atoms with E-state index in [0.717, 1.165) is 11.1 Å². The van der Waals surface area contributed by atoms with Gasteiger partial charge in [-0.05, 0) is 62.5 Å². The summed E-state index contributed by atoms with van der Waals surface area (Å²) in [7, 11) is 0. The monoisotopic (exact) mass is 508 g/mol. The fraction of sp³-hybridized carbons (Fsp3) is 0.548. The quantitative estimate of drug-likeness (QED) is 0.329. The van der Waals surface area contributed by atoms with Gasteiger partial charge in [0.25, 0.3) is 0 Å². The minimum Gasteiger partial charge on any atom is -0.388 e. The molecular weight excluding hydrogens is 464 g/mol. The van der Waals surface area contributed by atoms with Crippen molar-refractivity contribution in [2.75, 3.05) is 0 Å². The van der Waals surface area contributed by atoms with E-state index >= 15 is 0 Å². The normalized spacial score (nSPS) is 16.6. The molecule has 1 fully saturated rings. The van der Waals surface area contributed by atoms with Crippen molar-refractivity contribution in [2.24, 2.45) is 11.1 Å². The molecule has 2 atom stereocenters. The van der Waals surface area contributed by atoms with Crippen LogP contribution in [-0.2, 0) is 22.4 Å². The predicted molar refractivity (Wildman–Crippen MR) is 147 cm³/mol. The van der Waals surface area contributed by atoms with Gasteiger partial charge in [0.15, 0.2) is 0 Å². The summed E-state index contributed by atoms with van der Waals surface area (Å²) in [6.45, 7) is 7.68. The number of aliphatic hydroxyl groups is 2. The summed E-state index contributed by atoms with van der Waals surface area (Å²) in [5, 5.41) is 24.1.